The van der Waals surface area contributed by atoms with Crippen molar-refractivity contribution in [1.29, 1.82) is 0 Å². The first-order valence-electron chi connectivity index (χ1n) is 45.9. The summed E-state index contributed by atoms with van der Waals surface area (Å²) in [7, 11) is 0. The van der Waals surface area contributed by atoms with Crippen molar-refractivity contribution < 1.29 is 22.5 Å². The Bertz CT molecular complexity index is 9610. The van der Waals surface area contributed by atoms with Crippen molar-refractivity contribution in [1.82, 2.24) is 43.6 Å². The number of hydrogen-bond acceptors (Lipinski definition) is 9. The van der Waals surface area contributed by atoms with Gasteiger partial charge >= 0.3 is 0 Å². The molecule has 0 unspecified atom stereocenters. The van der Waals surface area contributed by atoms with Gasteiger partial charge in [-0.1, -0.05) is 352 Å². The molecule has 11 nitrogen and oxygen atoms in total. The van der Waals surface area contributed by atoms with Crippen LogP contribution >= 0.6 is 11.3 Å². The molecule has 0 bridgehead atoms. The van der Waals surface area contributed by atoms with E-state index in [1.807, 2.05) is 108 Å². The molecule has 0 atom stereocenters. The predicted octanol–water partition coefficient (Wildman–Crippen LogP) is 30.0. The van der Waals surface area contributed by atoms with Gasteiger partial charge < -0.3 is 8.83 Å². The molecule has 9 heterocycles. The van der Waals surface area contributed by atoms with Crippen molar-refractivity contribution in [3.63, 3.8) is 0 Å². The first-order chi connectivity index (χ1) is 65.7. The third-order valence-electron chi connectivity index (χ3n) is 24.4. The van der Waals surface area contributed by atoms with Gasteiger partial charge in [0.1, 0.15) is 22.4 Å². The van der Waals surface area contributed by atoms with E-state index in [0.29, 0.717) is 50.6 Å². The molecule has 576 valence electrons. The molecular formula is C112H65N9O2S. The number of furan rings is 2. The van der Waals surface area contributed by atoms with Crippen molar-refractivity contribution in [3.05, 3.63) is 394 Å². The largest absolute Gasteiger partial charge is 0.452 e. The highest BCUT2D eigenvalue weighted by molar-refractivity contribution is 7.26. The summed E-state index contributed by atoms with van der Waals surface area (Å²) in [5, 5.41) is 25.8. The smallest absolute Gasteiger partial charge is 0.238 e. The van der Waals surface area contributed by atoms with Gasteiger partial charge in [0.2, 0.25) is 23.6 Å². The molecule has 0 aliphatic heterocycles. The zero-order valence-corrected chi connectivity index (χ0v) is 66.3. The Hall–Kier alpha value is -16.5. The molecule has 0 saturated heterocycles. The second-order valence-corrected chi connectivity index (χ2v) is 32.1. The lowest BCUT2D eigenvalue weighted by Crippen LogP contribution is -2.03. The molecule has 0 radical (unpaired) electrons. The van der Waals surface area contributed by atoms with Gasteiger partial charge in [0, 0.05) is 91.4 Å². The van der Waals surface area contributed by atoms with E-state index in [9.17, 15) is 0 Å². The van der Waals surface area contributed by atoms with E-state index >= 15 is 0 Å². The number of rotatable bonds is 6. The molecule has 19 aromatic carbocycles. The Morgan fingerprint density at radius 3 is 1.12 bits per heavy atom. The van der Waals surface area contributed by atoms with E-state index in [4.69, 9.17) is 52.4 Å². The summed E-state index contributed by atoms with van der Waals surface area (Å²) >= 11 is 1.46. The molecule has 0 fully saturated rings. The number of aromatic nitrogens is 9. The van der Waals surface area contributed by atoms with Gasteiger partial charge in [0.05, 0.1) is 73.8 Å². The van der Waals surface area contributed by atoms with Crippen molar-refractivity contribution in [2.24, 2.45) is 0 Å². The maximum Gasteiger partial charge on any atom is 0.238 e. The van der Waals surface area contributed by atoms with Gasteiger partial charge in [0.15, 0.2) is 5.58 Å². The maximum absolute atomic E-state index is 8.85. The quantitative estimate of drug-likeness (QED) is 0.162. The van der Waals surface area contributed by atoms with Crippen LogP contribution < -0.4 is 0 Å². The van der Waals surface area contributed by atoms with Crippen LogP contribution in [0, 0.1) is 0 Å². The monoisotopic (exact) mass is 1610 g/mol. The van der Waals surface area contributed by atoms with Gasteiger partial charge in [-0.05, 0) is 96.3 Å². The Morgan fingerprint density at radius 2 is 0.613 bits per heavy atom. The Morgan fingerprint density at radius 1 is 0.242 bits per heavy atom. The highest BCUT2D eigenvalue weighted by atomic mass is 32.1. The Balaban J connectivity index is 0.000000105. The molecule has 9 aromatic heterocycles. The van der Waals surface area contributed by atoms with Crippen molar-refractivity contribution in [2.75, 3.05) is 0 Å². The molecule has 124 heavy (non-hydrogen) atoms. The first-order valence-corrected chi connectivity index (χ1v) is 41.7. The van der Waals surface area contributed by atoms with Gasteiger partial charge in [-0.3, -0.25) is 13.7 Å². The Kier molecular flexibility index (Phi) is 13.3. The molecule has 0 aliphatic carbocycles. The topological polar surface area (TPSA) is 118 Å². The highest BCUT2D eigenvalue weighted by Crippen LogP contribution is 2.48. The SMILES string of the molecule is [2H]c1c([2H])c([2H])c(-c2nc(-n3c4ccc5ccccc5c4c4ccc5ccccc5c43)nc3c2oc2ccccc23)c([2H])c1[2H].[2H]c1c([2H])c([2H])c(-c2nc(-n3c4ccc5ccccc5c4c4ccc5ccccc5c43)nc3c2sc2ccccc23)c([2H])c1[2H].c1ccc(-c2nc(-n3c4ccc5ccccc5c4c4ccc5ccccc5c43)nc3oc4c5ccccc5ccc4c23)cc1. The van der Waals surface area contributed by atoms with E-state index < -0.39 is 36.3 Å². The summed E-state index contributed by atoms with van der Waals surface area (Å²) in [5.41, 5.74) is 11.6. The fraction of sp³-hybridized carbons (Fsp3) is 0. The minimum Gasteiger partial charge on any atom is -0.452 e. The molecule has 0 amide bonds. The van der Waals surface area contributed by atoms with Gasteiger partial charge in [-0.25, -0.2) is 24.9 Å². The van der Waals surface area contributed by atoms with E-state index in [1.165, 1.54) is 38.3 Å². The van der Waals surface area contributed by atoms with E-state index in [2.05, 4.69) is 240 Å². The van der Waals surface area contributed by atoms with Crippen LogP contribution in [0.15, 0.2) is 403 Å². The minimum absolute atomic E-state index is 0.0372. The number of para-hydroxylation sites is 1. The number of benzene rings is 19. The first kappa shape index (κ1) is 60.0. The van der Waals surface area contributed by atoms with Gasteiger partial charge in [0.25, 0.3) is 0 Å². The van der Waals surface area contributed by atoms with Crippen LogP contribution in [0.4, 0.5) is 0 Å². The molecule has 28 aromatic rings. The zero-order valence-electron chi connectivity index (χ0n) is 75.5. The fourth-order valence-corrected chi connectivity index (χ4v) is 20.1. The summed E-state index contributed by atoms with van der Waals surface area (Å²) in [4.78, 5) is 31.1. The lowest BCUT2D eigenvalue weighted by atomic mass is 10.0. The number of hydrogen-bond donors (Lipinski definition) is 0. The summed E-state index contributed by atoms with van der Waals surface area (Å²) < 4.78 is 106. The number of thiophene rings is 1. The van der Waals surface area contributed by atoms with Crippen LogP contribution in [0.3, 0.4) is 0 Å². The molecule has 0 aliphatic rings. The van der Waals surface area contributed by atoms with E-state index in [1.54, 1.807) is 0 Å². The average Bonchev–Trinajstić information content (AvgIpc) is 1.56. The molecule has 0 saturated carbocycles. The van der Waals surface area contributed by atoms with Crippen LogP contribution in [0.1, 0.15) is 13.7 Å². The minimum atomic E-state index is -0.468. The third kappa shape index (κ3) is 10.6. The molecule has 12 heteroatoms. The summed E-state index contributed by atoms with van der Waals surface area (Å²) in [6, 6.07) is 110. The number of fused-ring (bicyclic) bond motifs is 32. The van der Waals surface area contributed by atoms with Crippen LogP contribution in [0.25, 0.3) is 257 Å². The second-order valence-electron chi connectivity index (χ2n) is 31.1. The van der Waals surface area contributed by atoms with Crippen LogP contribution in [-0.2, 0) is 0 Å². The molecule has 0 N–H and O–H groups in total. The average molecular weight is 1610 g/mol. The summed E-state index contributed by atoms with van der Waals surface area (Å²) in [6.45, 7) is 0. The van der Waals surface area contributed by atoms with Crippen LogP contribution in [-0.4, -0.2) is 43.6 Å². The summed E-state index contributed by atoms with van der Waals surface area (Å²) in [5.74, 6) is 1.27. The highest BCUT2D eigenvalue weighted by Gasteiger charge is 2.28. The summed E-state index contributed by atoms with van der Waals surface area (Å²) in [6.07, 6.45) is 0. The Labute approximate surface area is 724 Å². The van der Waals surface area contributed by atoms with E-state index in [-0.39, 0.29) is 46.6 Å². The maximum atomic E-state index is 8.85. The fourth-order valence-electron chi connectivity index (χ4n) is 19.0. The van der Waals surface area contributed by atoms with Gasteiger partial charge in [-0.2, -0.15) is 4.98 Å². The molecule has 0 spiro atoms. The van der Waals surface area contributed by atoms with Gasteiger partial charge in [-0.15, -0.1) is 11.3 Å². The van der Waals surface area contributed by atoms with Crippen LogP contribution in [0.5, 0.6) is 0 Å². The standard InChI is InChI=1S/C40H23N3O.C36H21N3O.C36H21N3S/c1-2-13-27(14-3-1)36-35-32-22-19-26-12-6-9-17-30(26)38(32)44-39(35)42-40(41-36)43-33-23-20-24-10-4-7-15-28(24)34(33)31-21-18-25-11-5-8-16-29(25)37(31)43;2*1-2-12-24(13-3-1)32-35-33(27-16-8-9-17-30(27)40-35)38-36(37-32)39-29-21-19-22-10-4-6-14-25(22)31(29)28-20-18-23-11-5-7-15-26(23)34(28)39/h1-23H;2*1-21H/i;2*1D,2D,3D,12D,13D. The molecule has 28 rings (SSSR count). The normalized spacial score (nSPS) is 13.2. The lowest BCUT2D eigenvalue weighted by Gasteiger charge is -2.11. The second kappa shape index (κ2) is 27.5. The molecular weight excluding hydrogens is 1540 g/mol. The van der Waals surface area contributed by atoms with Crippen molar-refractivity contribution in [2.45, 2.75) is 0 Å². The van der Waals surface area contributed by atoms with Crippen LogP contribution in [0.2, 0.25) is 0 Å². The van der Waals surface area contributed by atoms with E-state index in [0.717, 1.165) is 157 Å². The lowest BCUT2D eigenvalue weighted by molar-refractivity contribution is 0.655. The van der Waals surface area contributed by atoms with Crippen molar-refractivity contribution >= 4 is 217 Å². The van der Waals surface area contributed by atoms with Crippen molar-refractivity contribution in [3.8, 4) is 51.6 Å². The third-order valence-corrected chi connectivity index (χ3v) is 25.5. The number of nitrogens with zero attached hydrogens (tertiary/aromatic N) is 9. The zero-order chi connectivity index (χ0) is 89.9. The predicted molar refractivity (Wildman–Crippen MR) is 515 cm³/mol.